The van der Waals surface area contributed by atoms with Gasteiger partial charge in [0.1, 0.15) is 10.7 Å². The Morgan fingerprint density at radius 2 is 1.94 bits per heavy atom. The van der Waals surface area contributed by atoms with Crippen LogP contribution in [0.5, 0.6) is 0 Å². The second kappa shape index (κ2) is 8.09. The van der Waals surface area contributed by atoms with E-state index in [-0.39, 0.29) is 17.4 Å². The van der Waals surface area contributed by atoms with Gasteiger partial charge in [0.25, 0.3) is 0 Å². The molecular formula is C22H21FN4O3S. The third kappa shape index (κ3) is 4.14. The van der Waals surface area contributed by atoms with Crippen LogP contribution in [-0.2, 0) is 14.8 Å². The molecule has 0 saturated heterocycles. The number of fused-ring (bicyclic) bond motifs is 1. The van der Waals surface area contributed by atoms with Gasteiger partial charge in [-0.15, -0.1) is 0 Å². The highest BCUT2D eigenvalue weighted by Gasteiger charge is 2.38. The van der Waals surface area contributed by atoms with Crippen LogP contribution in [0, 0.1) is 19.7 Å². The summed E-state index contributed by atoms with van der Waals surface area (Å²) in [6.07, 6.45) is 1.48. The van der Waals surface area contributed by atoms with Gasteiger partial charge < -0.3 is 10.2 Å². The molecule has 2 heterocycles. The molecule has 9 heteroatoms. The van der Waals surface area contributed by atoms with Gasteiger partial charge in [-0.2, -0.15) is 4.31 Å². The molecule has 0 aliphatic carbocycles. The molecule has 31 heavy (non-hydrogen) atoms. The fraction of sp³-hybridized carbons (Fsp3) is 0.182. The average Bonchev–Trinajstić information content (AvgIpc) is 2.73. The topological polar surface area (TPSA) is 82.6 Å². The number of hydrogen-bond donors (Lipinski definition) is 1. The zero-order chi connectivity index (χ0) is 22.2. The molecule has 0 spiro atoms. The van der Waals surface area contributed by atoms with Crippen LogP contribution >= 0.6 is 0 Å². The van der Waals surface area contributed by atoms with Crippen LogP contribution in [0.25, 0.3) is 0 Å². The molecule has 0 unspecified atom stereocenters. The smallest absolute Gasteiger partial charge is 0.248 e. The summed E-state index contributed by atoms with van der Waals surface area (Å²) in [4.78, 5) is 18.5. The Hall–Kier alpha value is -3.30. The first-order chi connectivity index (χ1) is 14.8. The first-order valence-corrected chi connectivity index (χ1v) is 11.0. The summed E-state index contributed by atoms with van der Waals surface area (Å²) in [7, 11) is -3.96. The van der Waals surface area contributed by atoms with Crippen LogP contribution < -0.4 is 10.2 Å². The van der Waals surface area contributed by atoms with E-state index >= 15 is 0 Å². The Bertz CT molecular complexity index is 1260. The number of carbonyl (C=O) groups is 1. The highest BCUT2D eigenvalue weighted by molar-refractivity contribution is 7.89. The fourth-order valence-electron chi connectivity index (χ4n) is 3.43. The molecule has 0 radical (unpaired) electrons. The van der Waals surface area contributed by atoms with Gasteiger partial charge in [-0.1, -0.05) is 18.2 Å². The Morgan fingerprint density at radius 3 is 2.71 bits per heavy atom. The molecule has 1 aromatic heterocycles. The van der Waals surface area contributed by atoms with Crippen molar-refractivity contribution in [2.45, 2.75) is 18.7 Å². The molecule has 1 aliphatic rings. The first kappa shape index (κ1) is 21.0. The largest absolute Gasteiger partial charge is 0.325 e. The van der Waals surface area contributed by atoms with Gasteiger partial charge in [-0.05, 0) is 61.4 Å². The summed E-state index contributed by atoms with van der Waals surface area (Å²) in [5, 5.41) is 2.78. The summed E-state index contributed by atoms with van der Waals surface area (Å²) in [6.45, 7) is 3.21. The lowest BCUT2D eigenvalue weighted by Gasteiger charge is -2.36. The quantitative estimate of drug-likeness (QED) is 0.671. The van der Waals surface area contributed by atoms with Crippen molar-refractivity contribution in [2.24, 2.45) is 0 Å². The van der Waals surface area contributed by atoms with Gasteiger partial charge in [-0.25, -0.2) is 17.8 Å². The van der Waals surface area contributed by atoms with E-state index in [0.717, 1.165) is 15.4 Å². The summed E-state index contributed by atoms with van der Waals surface area (Å²) >= 11 is 0. The van der Waals surface area contributed by atoms with Crippen molar-refractivity contribution in [3.05, 3.63) is 77.7 Å². The van der Waals surface area contributed by atoms with Crippen molar-refractivity contribution in [3.63, 3.8) is 0 Å². The standard InChI is InChI=1S/C22H21FN4O3S/c1-15-8-9-16(2)19(11-15)25-21(28)13-26-14-27(18-6-3-5-17(23)12-18)22-20(31(26,29)30)7-4-10-24-22/h3-12H,13-14H2,1-2H3,(H,25,28). The van der Waals surface area contributed by atoms with Crippen LogP contribution in [-0.4, -0.2) is 36.8 Å². The predicted molar refractivity (Wildman–Crippen MR) is 116 cm³/mol. The minimum atomic E-state index is -3.96. The maximum atomic E-state index is 13.8. The number of sulfonamides is 1. The number of pyridine rings is 1. The maximum absolute atomic E-state index is 13.8. The number of aromatic nitrogens is 1. The SMILES string of the molecule is Cc1ccc(C)c(NC(=O)CN2CN(c3cccc(F)c3)c3ncccc3S2(=O)=O)c1. The van der Waals surface area contributed by atoms with Gasteiger partial charge in [0.15, 0.2) is 5.82 Å². The molecule has 0 bridgehead atoms. The molecule has 0 atom stereocenters. The van der Waals surface area contributed by atoms with Gasteiger partial charge >= 0.3 is 0 Å². The molecule has 3 aromatic rings. The van der Waals surface area contributed by atoms with E-state index in [4.69, 9.17) is 0 Å². The second-order valence-electron chi connectivity index (χ2n) is 7.36. The summed E-state index contributed by atoms with van der Waals surface area (Å²) in [6, 6.07) is 14.4. The second-order valence-corrected chi connectivity index (χ2v) is 9.26. The van der Waals surface area contributed by atoms with Gasteiger partial charge in [0.2, 0.25) is 15.9 Å². The minimum absolute atomic E-state index is 0.0370. The number of benzene rings is 2. The molecular weight excluding hydrogens is 419 g/mol. The highest BCUT2D eigenvalue weighted by atomic mass is 32.2. The van der Waals surface area contributed by atoms with Crippen LogP contribution in [0.2, 0.25) is 0 Å². The number of halogens is 1. The lowest BCUT2D eigenvalue weighted by molar-refractivity contribution is -0.116. The van der Waals surface area contributed by atoms with E-state index in [2.05, 4.69) is 10.3 Å². The van der Waals surface area contributed by atoms with E-state index in [1.165, 1.54) is 36.5 Å². The molecule has 1 aliphatic heterocycles. The molecule has 0 saturated carbocycles. The minimum Gasteiger partial charge on any atom is -0.325 e. The normalized spacial score (nSPS) is 15.4. The lowest BCUT2D eigenvalue weighted by Crippen LogP contribution is -2.47. The molecule has 160 valence electrons. The number of nitrogens with one attached hydrogen (secondary N) is 1. The molecule has 1 amide bonds. The number of carbonyl (C=O) groups excluding carboxylic acids is 1. The first-order valence-electron chi connectivity index (χ1n) is 9.61. The van der Waals surface area contributed by atoms with Crippen molar-refractivity contribution >= 4 is 33.1 Å². The van der Waals surface area contributed by atoms with Crippen LogP contribution in [0.3, 0.4) is 0 Å². The summed E-state index contributed by atoms with van der Waals surface area (Å²) < 4.78 is 41.2. The van der Waals surface area contributed by atoms with Gasteiger partial charge in [-0.3, -0.25) is 4.79 Å². The highest BCUT2D eigenvalue weighted by Crippen LogP contribution is 2.36. The molecule has 2 aromatic carbocycles. The van der Waals surface area contributed by atoms with E-state index in [1.54, 1.807) is 11.0 Å². The van der Waals surface area contributed by atoms with Crippen LogP contribution in [0.1, 0.15) is 11.1 Å². The summed E-state index contributed by atoms with van der Waals surface area (Å²) in [5.41, 5.74) is 2.92. The zero-order valence-corrected chi connectivity index (χ0v) is 17.9. The predicted octanol–water partition coefficient (Wildman–Crippen LogP) is 3.58. The van der Waals surface area contributed by atoms with Crippen LogP contribution in [0.15, 0.2) is 65.7 Å². The third-order valence-corrected chi connectivity index (χ3v) is 6.83. The van der Waals surface area contributed by atoms with E-state index in [0.29, 0.717) is 11.4 Å². The Balaban J connectivity index is 1.66. The van der Waals surface area contributed by atoms with Crippen molar-refractivity contribution < 1.29 is 17.6 Å². The molecule has 1 N–H and O–H groups in total. The van der Waals surface area contributed by atoms with Crippen LogP contribution in [0.4, 0.5) is 21.6 Å². The summed E-state index contributed by atoms with van der Waals surface area (Å²) in [5.74, 6) is -0.731. The van der Waals surface area contributed by atoms with Crippen molar-refractivity contribution in [1.29, 1.82) is 0 Å². The third-order valence-electron chi connectivity index (χ3n) is 5.03. The number of nitrogens with zero attached hydrogens (tertiary/aromatic N) is 3. The number of anilines is 3. The Labute approximate surface area is 180 Å². The Morgan fingerprint density at radius 1 is 1.13 bits per heavy atom. The molecule has 7 nitrogen and oxygen atoms in total. The molecule has 0 fully saturated rings. The van der Waals surface area contributed by atoms with E-state index in [9.17, 15) is 17.6 Å². The maximum Gasteiger partial charge on any atom is 0.248 e. The van der Waals surface area contributed by atoms with Crippen molar-refractivity contribution in [1.82, 2.24) is 9.29 Å². The van der Waals surface area contributed by atoms with E-state index in [1.807, 2.05) is 32.0 Å². The van der Waals surface area contributed by atoms with E-state index < -0.39 is 28.3 Å². The lowest BCUT2D eigenvalue weighted by atomic mass is 10.1. The van der Waals surface area contributed by atoms with Crippen molar-refractivity contribution in [2.75, 3.05) is 23.4 Å². The average molecular weight is 441 g/mol. The Kier molecular flexibility index (Phi) is 5.47. The number of amides is 1. The monoisotopic (exact) mass is 440 g/mol. The van der Waals surface area contributed by atoms with Gasteiger partial charge in [0.05, 0.1) is 13.2 Å². The molecule has 4 rings (SSSR count). The zero-order valence-electron chi connectivity index (χ0n) is 17.0. The number of rotatable bonds is 4. The number of aryl methyl sites for hydroxylation is 2. The van der Waals surface area contributed by atoms with Crippen molar-refractivity contribution in [3.8, 4) is 0 Å². The fourth-order valence-corrected chi connectivity index (χ4v) is 4.91. The van der Waals surface area contributed by atoms with Gasteiger partial charge in [0, 0.05) is 17.6 Å². The number of hydrogen-bond acceptors (Lipinski definition) is 5.